The van der Waals surface area contributed by atoms with Gasteiger partial charge < -0.3 is 4.80 Å². The molecule has 0 bridgehead atoms. The lowest BCUT2D eigenvalue weighted by Gasteiger charge is -2.17. The van der Waals surface area contributed by atoms with Gasteiger partial charge in [0, 0.05) is 0 Å². The molecule has 0 aliphatic heterocycles. The van der Waals surface area contributed by atoms with Crippen molar-refractivity contribution >= 4 is 9.04 Å². The Hall–Kier alpha value is 0.177. The van der Waals surface area contributed by atoms with Gasteiger partial charge in [0.1, 0.15) is 0 Å². The minimum Gasteiger partial charge on any atom is -0.432 e. The third-order valence-corrected chi connectivity index (χ3v) is 2.36. The summed E-state index contributed by atoms with van der Waals surface area (Å²) in [6.07, 6.45) is 0. The SMILES string of the molecule is C[Si](O)CC(C)(C)C. The molecule has 0 rings (SSSR count). The quantitative estimate of drug-likeness (QED) is 0.536. The number of hydrogen-bond donors (Lipinski definition) is 1. The summed E-state index contributed by atoms with van der Waals surface area (Å²) in [5.74, 6) is 0. The molecule has 0 aromatic carbocycles. The average molecular weight is 131 g/mol. The van der Waals surface area contributed by atoms with Crippen LogP contribution in [-0.4, -0.2) is 13.8 Å². The van der Waals surface area contributed by atoms with Crippen LogP contribution in [0.15, 0.2) is 0 Å². The van der Waals surface area contributed by atoms with Crippen molar-refractivity contribution < 1.29 is 4.80 Å². The predicted octanol–water partition coefficient (Wildman–Crippen LogP) is 1.65. The Bertz CT molecular complexity index is 63.4. The van der Waals surface area contributed by atoms with Crippen molar-refractivity contribution in [2.45, 2.75) is 33.4 Å². The summed E-state index contributed by atoms with van der Waals surface area (Å²) >= 11 is 0. The first-order chi connectivity index (χ1) is 3.42. The van der Waals surface area contributed by atoms with Crippen LogP contribution in [-0.2, 0) is 0 Å². The molecule has 49 valence electrons. The normalized spacial score (nSPS) is 12.8. The molecule has 0 aromatic rings. The maximum atomic E-state index is 8.99. The van der Waals surface area contributed by atoms with Gasteiger partial charge in [-0.05, 0) is 18.0 Å². The van der Waals surface area contributed by atoms with Crippen LogP contribution in [0.3, 0.4) is 0 Å². The molecule has 0 atom stereocenters. The molecule has 0 saturated carbocycles. The van der Waals surface area contributed by atoms with E-state index < -0.39 is 9.04 Å². The van der Waals surface area contributed by atoms with Crippen molar-refractivity contribution in [2.75, 3.05) is 0 Å². The highest BCUT2D eigenvalue weighted by atomic mass is 28.3. The van der Waals surface area contributed by atoms with E-state index in [0.29, 0.717) is 5.41 Å². The molecule has 0 amide bonds. The zero-order chi connectivity index (χ0) is 6.78. The lowest BCUT2D eigenvalue weighted by atomic mass is 10.0. The second-order valence-corrected chi connectivity index (χ2v) is 5.30. The fourth-order valence-corrected chi connectivity index (χ4v) is 2.30. The Morgan fingerprint density at radius 2 is 1.75 bits per heavy atom. The Labute approximate surface area is 53.5 Å². The third-order valence-electron chi connectivity index (χ3n) is 0.786. The molecule has 1 N–H and O–H groups in total. The first-order valence-electron chi connectivity index (χ1n) is 2.93. The molecular weight excluding hydrogens is 116 g/mol. The molecule has 0 aliphatic rings. The van der Waals surface area contributed by atoms with Gasteiger partial charge in [0.05, 0.1) is 0 Å². The second kappa shape index (κ2) is 2.64. The fraction of sp³-hybridized carbons (Fsp3) is 1.00. The molecule has 2 heteroatoms. The highest BCUT2D eigenvalue weighted by Crippen LogP contribution is 2.20. The minimum atomic E-state index is -0.992. The van der Waals surface area contributed by atoms with Crippen LogP contribution in [0.1, 0.15) is 20.8 Å². The summed E-state index contributed by atoms with van der Waals surface area (Å²) in [6.45, 7) is 8.38. The van der Waals surface area contributed by atoms with Crippen molar-refractivity contribution in [3.63, 3.8) is 0 Å². The number of rotatable bonds is 1. The number of hydrogen-bond acceptors (Lipinski definition) is 1. The van der Waals surface area contributed by atoms with Crippen molar-refractivity contribution in [3.8, 4) is 0 Å². The summed E-state index contributed by atoms with van der Waals surface area (Å²) in [4.78, 5) is 8.99. The average Bonchev–Trinajstić information content (AvgIpc) is 1.21. The van der Waals surface area contributed by atoms with Gasteiger partial charge in [0.25, 0.3) is 0 Å². The second-order valence-electron chi connectivity index (χ2n) is 3.47. The van der Waals surface area contributed by atoms with E-state index in [4.69, 9.17) is 4.80 Å². The standard InChI is InChI=1S/C6H15OSi/c1-6(2,3)5-8(4)7/h7H,5H2,1-4H3. The van der Waals surface area contributed by atoms with Crippen molar-refractivity contribution in [1.82, 2.24) is 0 Å². The molecule has 0 saturated heterocycles. The largest absolute Gasteiger partial charge is 0.432 e. The van der Waals surface area contributed by atoms with Gasteiger partial charge >= 0.3 is 0 Å². The maximum absolute atomic E-state index is 8.99. The molecular formula is C6H15OSi. The van der Waals surface area contributed by atoms with Crippen molar-refractivity contribution in [2.24, 2.45) is 5.41 Å². The summed E-state index contributed by atoms with van der Waals surface area (Å²) < 4.78 is 0. The highest BCUT2D eigenvalue weighted by Gasteiger charge is 2.14. The smallest absolute Gasteiger partial charge is 0.204 e. The van der Waals surface area contributed by atoms with Crippen molar-refractivity contribution in [3.05, 3.63) is 0 Å². The van der Waals surface area contributed by atoms with E-state index in [9.17, 15) is 0 Å². The van der Waals surface area contributed by atoms with Gasteiger partial charge in [-0.25, -0.2) is 0 Å². The van der Waals surface area contributed by atoms with E-state index in [0.717, 1.165) is 6.04 Å². The highest BCUT2D eigenvalue weighted by molar-refractivity contribution is 6.48. The fourth-order valence-electron chi connectivity index (χ4n) is 0.768. The van der Waals surface area contributed by atoms with Crippen molar-refractivity contribution in [1.29, 1.82) is 0 Å². The van der Waals surface area contributed by atoms with Gasteiger partial charge in [0.2, 0.25) is 9.04 Å². The Kier molecular flexibility index (Phi) is 2.70. The summed E-state index contributed by atoms with van der Waals surface area (Å²) in [5, 5.41) is 0. The van der Waals surface area contributed by atoms with E-state index in [2.05, 4.69) is 20.8 Å². The Morgan fingerprint density at radius 3 is 1.75 bits per heavy atom. The van der Waals surface area contributed by atoms with E-state index in [-0.39, 0.29) is 0 Å². The van der Waals surface area contributed by atoms with E-state index >= 15 is 0 Å². The lowest BCUT2D eigenvalue weighted by Crippen LogP contribution is -2.16. The molecule has 0 heterocycles. The van der Waals surface area contributed by atoms with Crippen LogP contribution in [0.2, 0.25) is 12.6 Å². The van der Waals surface area contributed by atoms with Crippen LogP contribution >= 0.6 is 0 Å². The zero-order valence-electron chi connectivity index (χ0n) is 6.15. The first kappa shape index (κ1) is 8.18. The third kappa shape index (κ3) is 6.18. The summed E-state index contributed by atoms with van der Waals surface area (Å²) in [5.41, 5.74) is 0.317. The topological polar surface area (TPSA) is 20.2 Å². The molecule has 1 radical (unpaired) electrons. The summed E-state index contributed by atoms with van der Waals surface area (Å²) in [7, 11) is -0.992. The molecule has 0 spiro atoms. The molecule has 0 aliphatic carbocycles. The minimum absolute atomic E-state index is 0.317. The predicted molar refractivity (Wildman–Crippen MR) is 38.1 cm³/mol. The molecule has 0 unspecified atom stereocenters. The molecule has 8 heavy (non-hydrogen) atoms. The van der Waals surface area contributed by atoms with Gasteiger partial charge in [-0.2, -0.15) is 0 Å². The van der Waals surface area contributed by atoms with E-state index in [1.807, 2.05) is 6.55 Å². The van der Waals surface area contributed by atoms with Gasteiger partial charge in [-0.15, -0.1) is 0 Å². The Morgan fingerprint density at radius 1 is 1.38 bits per heavy atom. The first-order valence-corrected chi connectivity index (χ1v) is 5.09. The molecule has 0 fully saturated rings. The Balaban J connectivity index is 3.39. The van der Waals surface area contributed by atoms with Gasteiger partial charge in [-0.1, -0.05) is 20.8 Å². The lowest BCUT2D eigenvalue weighted by molar-refractivity contribution is 0.436. The van der Waals surface area contributed by atoms with Crippen LogP contribution in [0, 0.1) is 5.41 Å². The van der Waals surface area contributed by atoms with E-state index in [1.54, 1.807) is 0 Å². The van der Waals surface area contributed by atoms with Crippen LogP contribution in [0.4, 0.5) is 0 Å². The van der Waals surface area contributed by atoms with Gasteiger partial charge in [0.15, 0.2) is 0 Å². The monoisotopic (exact) mass is 131 g/mol. The summed E-state index contributed by atoms with van der Waals surface area (Å²) in [6, 6.07) is 0.984. The maximum Gasteiger partial charge on any atom is 0.204 e. The molecule has 0 aromatic heterocycles. The van der Waals surface area contributed by atoms with Crippen LogP contribution in [0.5, 0.6) is 0 Å². The molecule has 1 nitrogen and oxygen atoms in total. The van der Waals surface area contributed by atoms with E-state index in [1.165, 1.54) is 0 Å². The zero-order valence-corrected chi connectivity index (χ0v) is 7.15. The van der Waals surface area contributed by atoms with Crippen LogP contribution in [0.25, 0.3) is 0 Å². The van der Waals surface area contributed by atoms with Crippen LogP contribution < -0.4 is 0 Å². The van der Waals surface area contributed by atoms with Gasteiger partial charge in [-0.3, -0.25) is 0 Å².